The molecule has 196 valence electrons. The third-order valence-corrected chi connectivity index (χ3v) is 6.00. The van der Waals surface area contributed by atoms with Crippen LogP contribution in [0.25, 0.3) is 22.6 Å². The van der Waals surface area contributed by atoms with Crippen LogP contribution in [-0.4, -0.2) is 27.4 Å². The van der Waals surface area contributed by atoms with Crippen LogP contribution in [-0.2, 0) is 19.1 Å². The topological polar surface area (TPSA) is 83.8 Å². The lowest BCUT2D eigenvalue weighted by Crippen LogP contribution is -2.36. The summed E-state index contributed by atoms with van der Waals surface area (Å²) in [6, 6.07) is 6.79. The van der Waals surface area contributed by atoms with E-state index in [4.69, 9.17) is 21.3 Å². The lowest BCUT2D eigenvalue weighted by molar-refractivity contribution is -0.292. The molecule has 1 aliphatic rings. The molecule has 1 amide bonds. The van der Waals surface area contributed by atoms with Gasteiger partial charge in [-0.1, -0.05) is 11.6 Å². The molecule has 0 unspecified atom stereocenters. The first-order valence-corrected chi connectivity index (χ1v) is 10.6. The van der Waals surface area contributed by atoms with Gasteiger partial charge in [-0.3, -0.25) is 9.48 Å². The first-order valence-electron chi connectivity index (χ1n) is 10.2. The Morgan fingerprint density at radius 1 is 1.14 bits per heavy atom. The molecule has 0 spiro atoms. The van der Waals surface area contributed by atoms with Gasteiger partial charge in [-0.2, -0.15) is 45.5 Å². The van der Waals surface area contributed by atoms with E-state index in [1.54, 1.807) is 0 Å². The molecule has 4 rings (SSSR count). The second kappa shape index (κ2) is 8.47. The maximum atomic E-state index is 13.9. The summed E-state index contributed by atoms with van der Waals surface area (Å²) < 4.78 is 113. The molecular formula is C22H13ClF8N4O2. The first-order chi connectivity index (χ1) is 17.0. The molecular weight excluding hydrogens is 540 g/mol. The van der Waals surface area contributed by atoms with Gasteiger partial charge in [0.15, 0.2) is 5.69 Å². The Labute approximate surface area is 207 Å². The van der Waals surface area contributed by atoms with E-state index in [0.29, 0.717) is 12.8 Å². The number of aromatic nitrogens is 2. The lowest BCUT2D eigenvalue weighted by Gasteiger charge is -2.19. The quantitative estimate of drug-likeness (QED) is 0.368. The number of halogens is 9. The largest absolute Gasteiger partial charge is 0.464 e. The van der Waals surface area contributed by atoms with E-state index in [2.05, 4.69) is 10.4 Å². The highest BCUT2D eigenvalue weighted by atomic mass is 35.5. The summed E-state index contributed by atoms with van der Waals surface area (Å²) in [7, 11) is 0.779. The molecule has 0 bridgehead atoms. The van der Waals surface area contributed by atoms with Gasteiger partial charge < -0.3 is 9.73 Å². The van der Waals surface area contributed by atoms with Gasteiger partial charge in [0.2, 0.25) is 0 Å². The molecule has 6 nitrogen and oxygen atoms in total. The molecule has 0 radical (unpaired) electrons. The first kappa shape index (κ1) is 26.5. The van der Waals surface area contributed by atoms with Crippen molar-refractivity contribution in [2.75, 3.05) is 0 Å². The highest BCUT2D eigenvalue weighted by Crippen LogP contribution is 2.50. The van der Waals surface area contributed by atoms with Gasteiger partial charge in [0.1, 0.15) is 23.1 Å². The number of carbonyl (C=O) groups excluding carboxylic acids is 1. The minimum Gasteiger partial charge on any atom is -0.464 e. The standard InChI is InChI=1S/C22H13ClF8N4O2/c1-35-16(15(21(26,27)28)17(34-35)20(24,25)22(29,30)31)11-7-14(37-8-11)10-2-3-13(23)12(6-10)18(36)33-19(9-32)4-5-19/h2-3,6-8H,4-5H2,1H3,(H,33,36). The van der Waals surface area contributed by atoms with Crippen LogP contribution in [0.2, 0.25) is 5.02 Å². The number of hydrogen-bond acceptors (Lipinski definition) is 4. The van der Waals surface area contributed by atoms with Crippen molar-refractivity contribution in [2.45, 2.75) is 36.7 Å². The predicted molar refractivity (Wildman–Crippen MR) is 111 cm³/mol. The molecule has 1 N–H and O–H groups in total. The molecule has 2 aromatic heterocycles. The summed E-state index contributed by atoms with van der Waals surface area (Å²) >= 11 is 6.07. The monoisotopic (exact) mass is 552 g/mol. The fourth-order valence-electron chi connectivity index (χ4n) is 3.62. The van der Waals surface area contributed by atoms with Crippen molar-refractivity contribution in [3.05, 3.63) is 52.4 Å². The summed E-state index contributed by atoms with van der Waals surface area (Å²) in [6.45, 7) is 0. The van der Waals surface area contributed by atoms with Gasteiger partial charge in [0.25, 0.3) is 5.91 Å². The summed E-state index contributed by atoms with van der Waals surface area (Å²) in [4.78, 5) is 12.6. The number of carbonyl (C=O) groups is 1. The van der Waals surface area contributed by atoms with Crippen LogP contribution in [0.4, 0.5) is 35.1 Å². The van der Waals surface area contributed by atoms with E-state index >= 15 is 0 Å². The molecule has 37 heavy (non-hydrogen) atoms. The zero-order valence-corrected chi connectivity index (χ0v) is 19.1. The smallest absolute Gasteiger partial charge is 0.459 e. The second-order valence-corrected chi connectivity index (χ2v) is 8.72. The van der Waals surface area contributed by atoms with E-state index in [1.165, 1.54) is 18.2 Å². The molecule has 15 heteroatoms. The Morgan fingerprint density at radius 3 is 2.32 bits per heavy atom. The molecule has 0 aliphatic heterocycles. The molecule has 1 aromatic carbocycles. The average Bonchev–Trinajstić information content (AvgIpc) is 3.21. The van der Waals surface area contributed by atoms with Crippen LogP contribution < -0.4 is 5.32 Å². The zero-order chi connectivity index (χ0) is 27.6. The van der Waals surface area contributed by atoms with E-state index in [1.807, 2.05) is 6.07 Å². The van der Waals surface area contributed by atoms with E-state index in [0.717, 1.165) is 19.4 Å². The Bertz CT molecular complexity index is 1430. The maximum Gasteiger partial charge on any atom is 0.459 e. The summed E-state index contributed by atoms with van der Waals surface area (Å²) in [6.07, 6.45) is -10.4. The predicted octanol–water partition coefficient (Wildman–Crippen LogP) is 6.46. The van der Waals surface area contributed by atoms with Crippen molar-refractivity contribution >= 4 is 17.5 Å². The molecule has 1 saturated carbocycles. The Hall–Kier alpha value is -3.60. The molecule has 0 saturated heterocycles. The van der Waals surface area contributed by atoms with Crippen LogP contribution in [0.5, 0.6) is 0 Å². The van der Waals surface area contributed by atoms with E-state index in [-0.39, 0.29) is 26.6 Å². The highest BCUT2D eigenvalue weighted by Gasteiger charge is 2.64. The van der Waals surface area contributed by atoms with Gasteiger partial charge in [-0.15, -0.1) is 0 Å². The fourth-order valence-corrected chi connectivity index (χ4v) is 3.82. The van der Waals surface area contributed by atoms with Crippen molar-refractivity contribution in [1.29, 1.82) is 5.26 Å². The number of amides is 1. The number of hydrogen-bond donors (Lipinski definition) is 1. The Kier molecular flexibility index (Phi) is 6.06. The summed E-state index contributed by atoms with van der Waals surface area (Å²) in [5.74, 6) is -6.73. The van der Waals surface area contributed by atoms with Crippen LogP contribution >= 0.6 is 11.6 Å². The molecule has 0 atom stereocenters. The number of aryl methyl sites for hydroxylation is 1. The van der Waals surface area contributed by atoms with Crippen molar-refractivity contribution in [1.82, 2.24) is 15.1 Å². The van der Waals surface area contributed by atoms with Gasteiger partial charge in [-0.25, -0.2) is 0 Å². The van der Waals surface area contributed by atoms with Gasteiger partial charge in [-0.05, 0) is 37.1 Å². The van der Waals surface area contributed by atoms with E-state index in [9.17, 15) is 39.9 Å². The number of alkyl halides is 8. The highest BCUT2D eigenvalue weighted by molar-refractivity contribution is 6.34. The number of nitrogens with zero attached hydrogens (tertiary/aromatic N) is 3. The van der Waals surface area contributed by atoms with Crippen molar-refractivity contribution < 1.29 is 44.3 Å². The minimum atomic E-state index is -6.33. The second-order valence-electron chi connectivity index (χ2n) is 8.31. The average molecular weight is 553 g/mol. The third-order valence-electron chi connectivity index (χ3n) is 5.67. The Morgan fingerprint density at radius 2 is 1.78 bits per heavy atom. The summed E-state index contributed by atoms with van der Waals surface area (Å²) in [5.41, 5.74) is -7.32. The maximum absolute atomic E-state index is 13.9. The Balaban J connectivity index is 1.77. The number of nitriles is 1. The van der Waals surface area contributed by atoms with Crippen LogP contribution in [0.3, 0.4) is 0 Å². The zero-order valence-electron chi connectivity index (χ0n) is 18.4. The van der Waals surface area contributed by atoms with Crippen LogP contribution in [0, 0.1) is 11.3 Å². The molecule has 3 aromatic rings. The van der Waals surface area contributed by atoms with Crippen LogP contribution in [0.1, 0.15) is 34.5 Å². The molecule has 2 heterocycles. The number of furan rings is 1. The van der Waals surface area contributed by atoms with Crippen molar-refractivity contribution in [2.24, 2.45) is 7.05 Å². The number of rotatable bonds is 5. The van der Waals surface area contributed by atoms with Crippen molar-refractivity contribution in [3.8, 4) is 28.7 Å². The fraction of sp³-hybridized carbons (Fsp3) is 0.318. The molecule has 1 fully saturated rings. The molecule has 1 aliphatic carbocycles. The lowest BCUT2D eigenvalue weighted by atomic mass is 10.0. The number of benzene rings is 1. The summed E-state index contributed by atoms with van der Waals surface area (Å²) in [5, 5.41) is 14.5. The third kappa shape index (κ3) is 4.63. The SMILES string of the molecule is Cn1nc(C(F)(F)C(F)(F)F)c(C(F)(F)F)c1-c1coc(-c2ccc(Cl)c(C(=O)NC3(C#N)CC3)c2)c1. The van der Waals surface area contributed by atoms with Gasteiger partial charge in [0, 0.05) is 18.2 Å². The van der Waals surface area contributed by atoms with E-state index < -0.39 is 52.2 Å². The number of nitrogens with one attached hydrogen (secondary N) is 1. The van der Waals surface area contributed by atoms with Crippen molar-refractivity contribution in [3.63, 3.8) is 0 Å². The van der Waals surface area contributed by atoms with Gasteiger partial charge in [0.05, 0.1) is 22.3 Å². The minimum absolute atomic E-state index is 0.00761. The van der Waals surface area contributed by atoms with Gasteiger partial charge >= 0.3 is 18.3 Å². The van der Waals surface area contributed by atoms with Crippen LogP contribution in [0.15, 0.2) is 34.9 Å². The normalized spacial score (nSPS) is 15.4.